The van der Waals surface area contributed by atoms with Gasteiger partial charge in [0.15, 0.2) is 0 Å². The molecule has 0 fully saturated rings. The number of hydrogen-bond donors (Lipinski definition) is 1. The topological polar surface area (TPSA) is 60.8 Å². The van der Waals surface area contributed by atoms with Crippen LogP contribution < -0.4 is 6.15 Å². The SMILES string of the molecule is N.c1csnn1. The number of hydrogen-bond acceptors (Lipinski definition) is 4. The molecule has 0 saturated heterocycles. The van der Waals surface area contributed by atoms with Crippen molar-refractivity contribution in [2.24, 2.45) is 0 Å². The predicted molar refractivity (Wildman–Crippen MR) is 24.9 cm³/mol. The summed E-state index contributed by atoms with van der Waals surface area (Å²) in [6, 6.07) is 0. The van der Waals surface area contributed by atoms with Crippen molar-refractivity contribution in [3.05, 3.63) is 11.6 Å². The zero-order valence-electron chi connectivity index (χ0n) is 3.16. The molecule has 4 heteroatoms. The van der Waals surface area contributed by atoms with Gasteiger partial charge in [-0.3, -0.25) is 0 Å². The third-order valence-corrected chi connectivity index (χ3v) is 0.715. The van der Waals surface area contributed by atoms with Crippen LogP contribution in [0.2, 0.25) is 0 Å². The molecule has 0 saturated carbocycles. The van der Waals surface area contributed by atoms with Gasteiger partial charge in [0.1, 0.15) is 0 Å². The molecule has 0 aromatic carbocycles. The van der Waals surface area contributed by atoms with Crippen LogP contribution in [0.25, 0.3) is 0 Å². The molecular weight excluding hydrogens is 98.1 g/mol. The zero-order valence-corrected chi connectivity index (χ0v) is 3.98. The highest BCUT2D eigenvalue weighted by molar-refractivity contribution is 7.03. The normalized spacial score (nSPS) is 6.67. The average Bonchev–Trinajstić information content (AvgIpc) is 1.76. The van der Waals surface area contributed by atoms with Crippen LogP contribution in [0, 0.1) is 0 Å². The lowest BCUT2D eigenvalue weighted by Crippen LogP contribution is -1.51. The second-order valence-electron chi connectivity index (χ2n) is 0.588. The number of aromatic nitrogens is 2. The van der Waals surface area contributed by atoms with Gasteiger partial charge in [-0.1, -0.05) is 4.49 Å². The van der Waals surface area contributed by atoms with E-state index in [1.807, 2.05) is 5.38 Å². The van der Waals surface area contributed by atoms with E-state index in [1.165, 1.54) is 11.5 Å². The number of nitrogens with zero attached hydrogens (tertiary/aromatic N) is 2. The van der Waals surface area contributed by atoms with Gasteiger partial charge in [-0.05, 0) is 11.5 Å². The second kappa shape index (κ2) is 2.74. The van der Waals surface area contributed by atoms with Crippen LogP contribution >= 0.6 is 11.5 Å². The van der Waals surface area contributed by atoms with Gasteiger partial charge < -0.3 is 6.15 Å². The largest absolute Gasteiger partial charge is 0.344 e. The van der Waals surface area contributed by atoms with Crippen molar-refractivity contribution in [1.29, 1.82) is 0 Å². The molecule has 6 heavy (non-hydrogen) atoms. The first-order valence-electron chi connectivity index (χ1n) is 1.21. The minimum Gasteiger partial charge on any atom is -0.344 e. The Morgan fingerprint density at radius 1 is 1.50 bits per heavy atom. The van der Waals surface area contributed by atoms with Crippen LogP contribution in [0.5, 0.6) is 0 Å². The molecule has 1 rings (SSSR count). The fourth-order valence-corrected chi connectivity index (χ4v) is 0.408. The van der Waals surface area contributed by atoms with E-state index in [9.17, 15) is 0 Å². The Morgan fingerprint density at radius 3 is 2.50 bits per heavy atom. The molecular formula is C2H5N3S. The Labute approximate surface area is 39.8 Å². The molecule has 0 radical (unpaired) electrons. The molecule has 1 aromatic rings. The van der Waals surface area contributed by atoms with Crippen LogP contribution in [0.1, 0.15) is 0 Å². The molecule has 34 valence electrons. The highest BCUT2D eigenvalue weighted by Gasteiger charge is 1.61. The van der Waals surface area contributed by atoms with Gasteiger partial charge in [-0.25, -0.2) is 0 Å². The predicted octanol–water partition coefficient (Wildman–Crippen LogP) is 0.700. The average molecular weight is 103 g/mol. The Morgan fingerprint density at radius 2 is 2.33 bits per heavy atom. The lowest BCUT2D eigenvalue weighted by molar-refractivity contribution is 1.16. The first-order valence-corrected chi connectivity index (χ1v) is 2.05. The molecule has 0 bridgehead atoms. The summed E-state index contributed by atoms with van der Waals surface area (Å²) in [5.41, 5.74) is 0. The smallest absolute Gasteiger partial charge is 0.0620 e. The van der Waals surface area contributed by atoms with Gasteiger partial charge in [0.2, 0.25) is 0 Å². The summed E-state index contributed by atoms with van der Waals surface area (Å²) < 4.78 is 3.51. The molecule has 0 spiro atoms. The third kappa shape index (κ3) is 1.09. The van der Waals surface area contributed by atoms with Gasteiger partial charge >= 0.3 is 0 Å². The molecule has 0 unspecified atom stereocenters. The van der Waals surface area contributed by atoms with Gasteiger partial charge in [0.25, 0.3) is 0 Å². The van der Waals surface area contributed by atoms with Crippen molar-refractivity contribution in [2.75, 3.05) is 0 Å². The van der Waals surface area contributed by atoms with Crippen molar-refractivity contribution in [1.82, 2.24) is 15.7 Å². The Bertz CT molecular complexity index is 65.3. The molecule has 0 aliphatic rings. The minimum atomic E-state index is 0. The van der Waals surface area contributed by atoms with E-state index in [-0.39, 0.29) is 6.15 Å². The fourth-order valence-electron chi connectivity index (χ4n) is 0.136. The maximum absolute atomic E-state index is 3.51. The van der Waals surface area contributed by atoms with E-state index in [2.05, 4.69) is 9.59 Å². The molecule has 0 atom stereocenters. The van der Waals surface area contributed by atoms with E-state index >= 15 is 0 Å². The monoisotopic (exact) mass is 103 g/mol. The van der Waals surface area contributed by atoms with Crippen molar-refractivity contribution >= 4 is 11.5 Å². The maximum atomic E-state index is 3.51. The first kappa shape index (κ1) is 5.52. The maximum Gasteiger partial charge on any atom is 0.0620 e. The summed E-state index contributed by atoms with van der Waals surface area (Å²) in [7, 11) is 0. The lowest BCUT2D eigenvalue weighted by Gasteiger charge is -1.40. The quantitative estimate of drug-likeness (QED) is 0.525. The van der Waals surface area contributed by atoms with Crippen LogP contribution in [-0.2, 0) is 0 Å². The highest BCUT2D eigenvalue weighted by Crippen LogP contribution is 1.78. The molecule has 0 amide bonds. The van der Waals surface area contributed by atoms with E-state index < -0.39 is 0 Å². The molecule has 1 heterocycles. The van der Waals surface area contributed by atoms with E-state index in [0.717, 1.165) is 0 Å². The Hall–Kier alpha value is -0.480. The van der Waals surface area contributed by atoms with Crippen molar-refractivity contribution < 1.29 is 0 Å². The van der Waals surface area contributed by atoms with Crippen molar-refractivity contribution in [3.8, 4) is 0 Å². The van der Waals surface area contributed by atoms with E-state index in [0.29, 0.717) is 0 Å². The lowest BCUT2D eigenvalue weighted by atomic mass is 11.1. The van der Waals surface area contributed by atoms with Gasteiger partial charge in [0, 0.05) is 5.38 Å². The summed E-state index contributed by atoms with van der Waals surface area (Å²) in [6.07, 6.45) is 1.66. The summed E-state index contributed by atoms with van der Waals surface area (Å²) >= 11 is 1.35. The second-order valence-corrected chi connectivity index (χ2v) is 1.23. The fraction of sp³-hybridized carbons (Fsp3) is 0. The summed E-state index contributed by atoms with van der Waals surface area (Å²) in [4.78, 5) is 0. The van der Waals surface area contributed by atoms with Gasteiger partial charge in [-0.15, -0.1) is 5.10 Å². The third-order valence-electron chi connectivity index (χ3n) is 0.283. The van der Waals surface area contributed by atoms with Crippen LogP contribution in [0.4, 0.5) is 0 Å². The van der Waals surface area contributed by atoms with Crippen molar-refractivity contribution in [2.45, 2.75) is 0 Å². The molecule has 1 aromatic heterocycles. The van der Waals surface area contributed by atoms with E-state index in [1.54, 1.807) is 6.20 Å². The van der Waals surface area contributed by atoms with Gasteiger partial charge in [0.05, 0.1) is 6.20 Å². The zero-order chi connectivity index (χ0) is 3.54. The van der Waals surface area contributed by atoms with Crippen LogP contribution in [0.15, 0.2) is 11.6 Å². The summed E-state index contributed by atoms with van der Waals surface area (Å²) in [6.45, 7) is 0. The summed E-state index contributed by atoms with van der Waals surface area (Å²) in [5.74, 6) is 0. The van der Waals surface area contributed by atoms with Gasteiger partial charge in [-0.2, -0.15) is 0 Å². The molecule has 0 aliphatic carbocycles. The minimum absolute atomic E-state index is 0. The Balaban J connectivity index is 0.000000250. The molecule has 0 aliphatic heterocycles. The van der Waals surface area contributed by atoms with Crippen molar-refractivity contribution in [3.63, 3.8) is 0 Å². The standard InChI is InChI=1S/C2H2N2S.H3N/c1-2-5-4-3-1;/h1-2H;1H3. The van der Waals surface area contributed by atoms with E-state index in [4.69, 9.17) is 0 Å². The number of rotatable bonds is 0. The first-order chi connectivity index (χ1) is 2.50. The van der Waals surface area contributed by atoms with Crippen LogP contribution in [-0.4, -0.2) is 9.59 Å². The molecule has 3 N–H and O–H groups in total. The molecule has 3 nitrogen and oxygen atoms in total. The summed E-state index contributed by atoms with van der Waals surface area (Å²) in [5, 5.41) is 5.31. The van der Waals surface area contributed by atoms with Crippen LogP contribution in [0.3, 0.4) is 0 Å². The highest BCUT2D eigenvalue weighted by atomic mass is 32.1. The Kier molecular flexibility index (Phi) is 2.52.